The number of carbonyl (C=O) groups is 1. The molecule has 6 heteroatoms. The quantitative estimate of drug-likeness (QED) is 0.829. The largest absolute Gasteiger partial charge is 0.412 e. The Hall–Kier alpha value is -0.780. The molecule has 18 heavy (non-hydrogen) atoms. The first kappa shape index (κ1) is 13.6. The van der Waals surface area contributed by atoms with Crippen molar-refractivity contribution < 1.29 is 18.0 Å². The van der Waals surface area contributed by atoms with Crippen molar-refractivity contribution in [1.29, 1.82) is 0 Å². The van der Waals surface area contributed by atoms with Crippen LogP contribution < -0.4 is 5.73 Å². The van der Waals surface area contributed by atoms with E-state index in [1.165, 1.54) is 0 Å². The highest BCUT2D eigenvalue weighted by Crippen LogP contribution is 2.43. The summed E-state index contributed by atoms with van der Waals surface area (Å²) in [6, 6.07) is 0. The van der Waals surface area contributed by atoms with E-state index in [-0.39, 0.29) is 24.8 Å². The molecule has 0 radical (unpaired) electrons. The molecule has 2 rings (SSSR count). The summed E-state index contributed by atoms with van der Waals surface area (Å²) in [4.78, 5) is 13.2. The second-order valence-corrected chi connectivity index (χ2v) is 5.31. The summed E-state index contributed by atoms with van der Waals surface area (Å²) in [5, 5.41) is 0. The number of piperidine rings is 1. The Balaban J connectivity index is 2.25. The van der Waals surface area contributed by atoms with Gasteiger partial charge >= 0.3 is 6.18 Å². The highest BCUT2D eigenvalue weighted by molar-refractivity contribution is 5.80. The number of rotatable bonds is 2. The lowest BCUT2D eigenvalue weighted by Crippen LogP contribution is -2.67. The van der Waals surface area contributed by atoms with Crippen LogP contribution in [0.2, 0.25) is 0 Å². The Morgan fingerprint density at radius 1 is 1.28 bits per heavy atom. The van der Waals surface area contributed by atoms with Crippen molar-refractivity contribution in [2.45, 2.75) is 50.2 Å². The van der Waals surface area contributed by atoms with Gasteiger partial charge in [0, 0.05) is 19.0 Å². The summed E-state index contributed by atoms with van der Waals surface area (Å²) in [7, 11) is 0. The number of amides is 1. The maximum absolute atomic E-state index is 13.3. The average Bonchev–Trinajstić information content (AvgIpc) is 2.24. The lowest BCUT2D eigenvalue weighted by atomic mass is 9.80. The van der Waals surface area contributed by atoms with E-state index in [0.717, 1.165) is 11.3 Å². The van der Waals surface area contributed by atoms with Crippen LogP contribution >= 0.6 is 0 Å². The minimum atomic E-state index is -4.44. The molecular formula is C12H19F3N2O. The van der Waals surface area contributed by atoms with E-state index in [9.17, 15) is 18.0 Å². The van der Waals surface area contributed by atoms with E-state index in [0.29, 0.717) is 25.7 Å². The third-order valence-corrected chi connectivity index (χ3v) is 4.32. The van der Waals surface area contributed by atoms with Crippen LogP contribution in [0.5, 0.6) is 0 Å². The van der Waals surface area contributed by atoms with Gasteiger partial charge in [-0.25, -0.2) is 0 Å². The topological polar surface area (TPSA) is 46.3 Å². The smallest absolute Gasteiger partial charge is 0.328 e. The van der Waals surface area contributed by atoms with Crippen molar-refractivity contribution in [3.63, 3.8) is 0 Å². The molecule has 0 aromatic heterocycles. The van der Waals surface area contributed by atoms with Crippen molar-refractivity contribution in [2.24, 2.45) is 11.7 Å². The SMILES string of the molecule is NCC1(C(F)(F)F)CCCCN1C(=O)C1CCC1. The molecule has 0 bridgehead atoms. The van der Waals surface area contributed by atoms with Crippen LogP contribution in [0.4, 0.5) is 13.2 Å². The Labute approximate surface area is 104 Å². The van der Waals surface area contributed by atoms with Gasteiger partial charge in [-0.3, -0.25) is 4.79 Å². The molecule has 0 aromatic rings. The van der Waals surface area contributed by atoms with E-state index in [1.54, 1.807) is 0 Å². The van der Waals surface area contributed by atoms with E-state index < -0.39 is 18.3 Å². The molecule has 1 aliphatic heterocycles. The fourth-order valence-corrected chi connectivity index (χ4v) is 2.86. The predicted octanol–water partition coefficient (Wildman–Crippen LogP) is 2.06. The minimum absolute atomic E-state index is 0.0640. The van der Waals surface area contributed by atoms with Gasteiger partial charge in [0.25, 0.3) is 0 Å². The molecule has 1 unspecified atom stereocenters. The molecule has 1 amide bonds. The summed E-state index contributed by atoms with van der Waals surface area (Å²) < 4.78 is 40.0. The third kappa shape index (κ3) is 2.00. The number of hydrogen-bond donors (Lipinski definition) is 1. The monoisotopic (exact) mass is 264 g/mol. The molecule has 3 nitrogen and oxygen atoms in total. The second-order valence-electron chi connectivity index (χ2n) is 5.31. The summed E-state index contributed by atoms with van der Waals surface area (Å²) in [5.74, 6) is -0.555. The molecule has 2 aliphatic rings. The zero-order valence-electron chi connectivity index (χ0n) is 10.3. The van der Waals surface area contributed by atoms with Crippen molar-refractivity contribution in [3.05, 3.63) is 0 Å². The van der Waals surface area contributed by atoms with E-state index >= 15 is 0 Å². The maximum atomic E-state index is 13.3. The highest BCUT2D eigenvalue weighted by atomic mass is 19.4. The van der Waals surface area contributed by atoms with Gasteiger partial charge in [-0.05, 0) is 32.1 Å². The van der Waals surface area contributed by atoms with Crippen molar-refractivity contribution >= 4 is 5.91 Å². The summed E-state index contributed by atoms with van der Waals surface area (Å²) in [6.07, 6.45) is -1.03. The fourth-order valence-electron chi connectivity index (χ4n) is 2.86. The Kier molecular flexibility index (Phi) is 3.58. The van der Waals surface area contributed by atoms with Gasteiger partial charge < -0.3 is 10.6 Å². The van der Waals surface area contributed by atoms with Gasteiger partial charge in [-0.15, -0.1) is 0 Å². The van der Waals surface area contributed by atoms with Crippen molar-refractivity contribution in [2.75, 3.05) is 13.1 Å². The molecule has 104 valence electrons. The maximum Gasteiger partial charge on any atom is 0.412 e. The summed E-state index contributed by atoms with van der Waals surface area (Å²) in [6.45, 7) is -0.346. The van der Waals surface area contributed by atoms with Crippen LogP contribution in [-0.2, 0) is 4.79 Å². The lowest BCUT2D eigenvalue weighted by Gasteiger charge is -2.49. The number of halogens is 3. The van der Waals surface area contributed by atoms with E-state index in [2.05, 4.69) is 0 Å². The molecular weight excluding hydrogens is 245 g/mol. The van der Waals surface area contributed by atoms with Gasteiger partial charge in [0.1, 0.15) is 0 Å². The minimum Gasteiger partial charge on any atom is -0.328 e. The van der Waals surface area contributed by atoms with Gasteiger partial charge in [0.2, 0.25) is 5.91 Å². The van der Waals surface area contributed by atoms with E-state index in [4.69, 9.17) is 5.73 Å². The third-order valence-electron chi connectivity index (χ3n) is 4.32. The van der Waals surface area contributed by atoms with Crippen LogP contribution in [0.25, 0.3) is 0 Å². The lowest BCUT2D eigenvalue weighted by molar-refractivity contribution is -0.239. The molecule has 1 atom stereocenters. The van der Waals surface area contributed by atoms with Gasteiger partial charge in [-0.2, -0.15) is 13.2 Å². The molecule has 1 saturated carbocycles. The number of nitrogens with two attached hydrogens (primary N) is 1. The van der Waals surface area contributed by atoms with Crippen molar-refractivity contribution in [3.8, 4) is 0 Å². The van der Waals surface area contributed by atoms with Crippen LogP contribution in [0.1, 0.15) is 38.5 Å². The van der Waals surface area contributed by atoms with Crippen LogP contribution in [-0.4, -0.2) is 35.6 Å². The zero-order chi connectivity index (χ0) is 13.4. The number of likely N-dealkylation sites (tertiary alicyclic amines) is 1. The first-order chi connectivity index (χ1) is 8.42. The average molecular weight is 264 g/mol. The summed E-state index contributed by atoms with van der Waals surface area (Å²) in [5.41, 5.74) is 3.27. The molecule has 2 fully saturated rings. The molecule has 2 N–H and O–H groups in total. The Bertz CT molecular complexity index is 328. The number of alkyl halides is 3. The highest BCUT2D eigenvalue weighted by Gasteiger charge is 2.60. The van der Waals surface area contributed by atoms with Gasteiger partial charge in [0.15, 0.2) is 5.54 Å². The van der Waals surface area contributed by atoms with Crippen LogP contribution in [0, 0.1) is 5.92 Å². The molecule has 0 spiro atoms. The van der Waals surface area contributed by atoms with E-state index in [1.807, 2.05) is 0 Å². The number of nitrogens with zero attached hydrogens (tertiary/aromatic N) is 1. The number of carbonyl (C=O) groups excluding carboxylic acids is 1. The van der Waals surface area contributed by atoms with Crippen LogP contribution in [0.3, 0.4) is 0 Å². The van der Waals surface area contributed by atoms with Gasteiger partial charge in [-0.1, -0.05) is 6.42 Å². The first-order valence-electron chi connectivity index (χ1n) is 6.51. The summed E-state index contributed by atoms with van der Waals surface area (Å²) >= 11 is 0. The Morgan fingerprint density at radius 3 is 2.39 bits per heavy atom. The van der Waals surface area contributed by atoms with Gasteiger partial charge in [0.05, 0.1) is 0 Å². The molecule has 1 heterocycles. The first-order valence-corrected chi connectivity index (χ1v) is 6.51. The second kappa shape index (κ2) is 4.72. The standard InChI is InChI=1S/C12H19F3N2O/c13-12(14,15)11(8-16)6-1-2-7-17(11)10(18)9-4-3-5-9/h9H,1-8,16H2. The molecule has 0 aromatic carbocycles. The van der Waals surface area contributed by atoms with Crippen LogP contribution in [0.15, 0.2) is 0 Å². The Morgan fingerprint density at radius 2 is 1.94 bits per heavy atom. The zero-order valence-corrected chi connectivity index (χ0v) is 10.3. The molecule has 1 saturated heterocycles. The fraction of sp³-hybridized carbons (Fsp3) is 0.917. The van der Waals surface area contributed by atoms with Crippen molar-refractivity contribution in [1.82, 2.24) is 4.90 Å². The number of hydrogen-bond acceptors (Lipinski definition) is 2. The normalized spacial score (nSPS) is 30.1. The predicted molar refractivity (Wildman–Crippen MR) is 60.7 cm³/mol. The molecule has 1 aliphatic carbocycles.